The predicted octanol–water partition coefficient (Wildman–Crippen LogP) is 4.47. The van der Waals surface area contributed by atoms with Crippen molar-refractivity contribution in [2.24, 2.45) is 0 Å². The molecule has 0 spiro atoms. The van der Waals surface area contributed by atoms with Crippen LogP contribution in [0, 0.1) is 13.8 Å². The second-order valence-corrected chi connectivity index (χ2v) is 8.89. The summed E-state index contributed by atoms with van der Waals surface area (Å²) in [5, 5.41) is 11.3. The van der Waals surface area contributed by atoms with Gasteiger partial charge in [0.1, 0.15) is 11.5 Å². The number of ketones is 1. The lowest BCUT2D eigenvalue weighted by Gasteiger charge is -2.26. The van der Waals surface area contributed by atoms with E-state index in [2.05, 4.69) is 0 Å². The van der Waals surface area contributed by atoms with E-state index in [0.717, 1.165) is 41.8 Å². The van der Waals surface area contributed by atoms with E-state index >= 15 is 0 Å². The first-order valence-electron chi connectivity index (χ1n) is 11.5. The number of carbonyl (C=O) groups excluding carboxylic acids is 2. The molecule has 0 radical (unpaired) electrons. The first kappa shape index (κ1) is 24.5. The summed E-state index contributed by atoms with van der Waals surface area (Å²) in [6, 6.07) is 12.5. The predicted molar refractivity (Wildman–Crippen MR) is 130 cm³/mol. The van der Waals surface area contributed by atoms with Gasteiger partial charge >= 0.3 is 0 Å². The summed E-state index contributed by atoms with van der Waals surface area (Å²) in [5.74, 6) is -0.623. The minimum absolute atomic E-state index is 0.136. The number of aliphatic hydroxyl groups excluding tert-OH is 1. The van der Waals surface area contributed by atoms with Gasteiger partial charge in [-0.25, -0.2) is 0 Å². The lowest BCUT2D eigenvalue weighted by molar-refractivity contribution is -0.139. The average Bonchev–Trinajstić information content (AvgIpc) is 3.02. The molecule has 6 nitrogen and oxygen atoms in total. The number of Topliss-reactive ketones (excluding diaryl/α,β-unsaturated/α-hetero) is 1. The van der Waals surface area contributed by atoms with Crippen LogP contribution >= 0.6 is 0 Å². The van der Waals surface area contributed by atoms with Gasteiger partial charge in [-0.15, -0.1) is 0 Å². The molecule has 1 aliphatic heterocycles. The Hall–Kier alpha value is -3.12. The van der Waals surface area contributed by atoms with Gasteiger partial charge in [0.25, 0.3) is 11.7 Å². The molecule has 1 saturated heterocycles. The van der Waals surface area contributed by atoms with E-state index in [0.29, 0.717) is 18.7 Å². The van der Waals surface area contributed by atoms with Crippen molar-refractivity contribution in [3.63, 3.8) is 0 Å². The van der Waals surface area contributed by atoms with Crippen LogP contribution in [0.25, 0.3) is 5.76 Å². The molecule has 1 heterocycles. The van der Waals surface area contributed by atoms with E-state index in [1.807, 2.05) is 64.0 Å². The van der Waals surface area contributed by atoms with Crippen LogP contribution in [0.5, 0.6) is 5.75 Å². The highest BCUT2D eigenvalue weighted by molar-refractivity contribution is 6.46. The second-order valence-electron chi connectivity index (χ2n) is 8.89. The van der Waals surface area contributed by atoms with E-state index < -0.39 is 17.7 Å². The van der Waals surface area contributed by atoms with Crippen molar-refractivity contribution in [1.29, 1.82) is 0 Å². The minimum Gasteiger partial charge on any atom is -0.507 e. The SMILES string of the molecule is CCCOc1ccc(/C(O)=C2/C(=O)C(=O)N(CCCN(C)C)C2c2cccc(C)c2)cc1C. The van der Waals surface area contributed by atoms with E-state index in [4.69, 9.17) is 4.74 Å². The van der Waals surface area contributed by atoms with Gasteiger partial charge in [0.2, 0.25) is 0 Å². The third-order valence-electron chi connectivity index (χ3n) is 5.81. The molecule has 0 aromatic heterocycles. The van der Waals surface area contributed by atoms with E-state index in [1.54, 1.807) is 23.1 Å². The fraction of sp³-hybridized carbons (Fsp3) is 0.407. The molecular weight excluding hydrogens is 416 g/mol. The maximum atomic E-state index is 13.1. The van der Waals surface area contributed by atoms with Gasteiger partial charge < -0.3 is 19.6 Å². The number of hydrogen-bond acceptors (Lipinski definition) is 5. The van der Waals surface area contributed by atoms with Gasteiger partial charge in [-0.3, -0.25) is 9.59 Å². The molecule has 1 aliphatic rings. The lowest BCUT2D eigenvalue weighted by atomic mass is 9.94. The Morgan fingerprint density at radius 2 is 1.88 bits per heavy atom. The minimum atomic E-state index is -0.646. The van der Waals surface area contributed by atoms with Crippen LogP contribution in [0.3, 0.4) is 0 Å². The number of carbonyl (C=O) groups is 2. The Morgan fingerprint density at radius 1 is 1.12 bits per heavy atom. The molecule has 2 aromatic rings. The third-order valence-corrected chi connectivity index (χ3v) is 5.81. The highest BCUT2D eigenvalue weighted by Gasteiger charge is 2.45. The summed E-state index contributed by atoms with van der Waals surface area (Å²) in [7, 11) is 3.95. The van der Waals surface area contributed by atoms with E-state index in [1.165, 1.54) is 0 Å². The molecule has 2 aromatic carbocycles. The Morgan fingerprint density at radius 3 is 2.52 bits per heavy atom. The van der Waals surface area contributed by atoms with Gasteiger partial charge in [0, 0.05) is 12.1 Å². The molecule has 6 heteroatoms. The van der Waals surface area contributed by atoms with Crippen molar-refractivity contribution in [3.05, 3.63) is 70.3 Å². The van der Waals surface area contributed by atoms with E-state index in [9.17, 15) is 14.7 Å². The summed E-state index contributed by atoms with van der Waals surface area (Å²) in [4.78, 5) is 29.8. The molecule has 1 atom stereocenters. The summed E-state index contributed by atoms with van der Waals surface area (Å²) in [5.41, 5.74) is 3.34. The average molecular weight is 451 g/mol. The first-order valence-corrected chi connectivity index (χ1v) is 11.5. The number of aryl methyl sites for hydroxylation is 2. The van der Waals surface area contributed by atoms with Crippen molar-refractivity contribution in [1.82, 2.24) is 9.80 Å². The maximum absolute atomic E-state index is 13.1. The van der Waals surface area contributed by atoms with Crippen LogP contribution in [0.15, 0.2) is 48.0 Å². The highest BCUT2D eigenvalue weighted by atomic mass is 16.5. The number of ether oxygens (including phenoxy) is 1. The molecule has 0 saturated carbocycles. The third kappa shape index (κ3) is 5.45. The zero-order valence-electron chi connectivity index (χ0n) is 20.2. The fourth-order valence-corrected chi connectivity index (χ4v) is 4.18. The number of benzene rings is 2. The van der Waals surface area contributed by atoms with Gasteiger partial charge in [0.05, 0.1) is 18.2 Å². The summed E-state index contributed by atoms with van der Waals surface area (Å²) < 4.78 is 5.74. The fourth-order valence-electron chi connectivity index (χ4n) is 4.18. The van der Waals surface area contributed by atoms with Gasteiger partial charge in [-0.05, 0) is 76.7 Å². The monoisotopic (exact) mass is 450 g/mol. The quantitative estimate of drug-likeness (QED) is 0.347. The van der Waals surface area contributed by atoms with Crippen LogP contribution in [-0.2, 0) is 9.59 Å². The zero-order valence-corrected chi connectivity index (χ0v) is 20.2. The van der Waals surface area contributed by atoms with Crippen molar-refractivity contribution in [2.75, 3.05) is 33.8 Å². The number of rotatable bonds is 9. The Labute approximate surface area is 196 Å². The van der Waals surface area contributed by atoms with Crippen molar-refractivity contribution in [3.8, 4) is 5.75 Å². The van der Waals surface area contributed by atoms with Gasteiger partial charge in [-0.2, -0.15) is 0 Å². The molecule has 1 fully saturated rings. The van der Waals surface area contributed by atoms with Gasteiger partial charge in [-0.1, -0.05) is 36.8 Å². The largest absolute Gasteiger partial charge is 0.507 e. The molecular formula is C27H34N2O4. The number of aliphatic hydroxyl groups is 1. The summed E-state index contributed by atoms with van der Waals surface area (Å²) in [6.07, 6.45) is 1.62. The summed E-state index contributed by atoms with van der Waals surface area (Å²) >= 11 is 0. The lowest BCUT2D eigenvalue weighted by Crippen LogP contribution is -2.32. The number of nitrogens with zero attached hydrogens (tertiary/aromatic N) is 2. The van der Waals surface area contributed by atoms with Crippen LogP contribution in [-0.4, -0.2) is 60.4 Å². The molecule has 1 amide bonds. The van der Waals surface area contributed by atoms with Crippen molar-refractivity contribution >= 4 is 17.4 Å². The zero-order chi connectivity index (χ0) is 24.1. The van der Waals surface area contributed by atoms with Crippen LogP contribution in [0.1, 0.15) is 48.1 Å². The standard InChI is InChI=1S/C27H34N2O4/c1-6-15-33-22-12-11-21(17-19(22)3)25(30)23-24(20-10-7-9-18(2)16-20)29(27(32)26(23)31)14-8-13-28(4)5/h7,9-12,16-17,24,30H,6,8,13-15H2,1-5H3/b25-23-. The van der Waals surface area contributed by atoms with E-state index in [-0.39, 0.29) is 11.3 Å². The van der Waals surface area contributed by atoms with Crippen molar-refractivity contribution in [2.45, 2.75) is 39.7 Å². The normalized spacial score (nSPS) is 17.8. The highest BCUT2D eigenvalue weighted by Crippen LogP contribution is 2.40. The van der Waals surface area contributed by atoms with Gasteiger partial charge in [0.15, 0.2) is 0 Å². The molecule has 0 aliphatic carbocycles. The molecule has 0 bridgehead atoms. The smallest absolute Gasteiger partial charge is 0.295 e. The summed E-state index contributed by atoms with van der Waals surface area (Å²) in [6.45, 7) is 7.75. The molecule has 1 N–H and O–H groups in total. The Kier molecular flexibility index (Phi) is 7.92. The molecule has 33 heavy (non-hydrogen) atoms. The van der Waals surface area contributed by atoms with Crippen LogP contribution in [0.4, 0.5) is 0 Å². The Bertz CT molecular complexity index is 1060. The second kappa shape index (κ2) is 10.7. The maximum Gasteiger partial charge on any atom is 0.295 e. The molecule has 176 valence electrons. The Balaban J connectivity index is 2.06. The first-order chi connectivity index (χ1) is 15.7. The number of likely N-dealkylation sites (tertiary alicyclic amines) is 1. The topological polar surface area (TPSA) is 70.1 Å². The molecule has 1 unspecified atom stereocenters. The van der Waals surface area contributed by atoms with Crippen molar-refractivity contribution < 1.29 is 19.4 Å². The van der Waals surface area contributed by atoms with Crippen LogP contribution < -0.4 is 4.74 Å². The number of hydrogen-bond donors (Lipinski definition) is 1. The number of amides is 1. The van der Waals surface area contributed by atoms with Crippen LogP contribution in [0.2, 0.25) is 0 Å². The molecule has 3 rings (SSSR count).